The topological polar surface area (TPSA) is 141 Å². The second kappa shape index (κ2) is 18.9. The number of likely N-dealkylation sites (N-methyl/N-ethyl adjacent to an activating group) is 2. The lowest BCUT2D eigenvalue weighted by Gasteiger charge is -2.27. The van der Waals surface area contributed by atoms with Gasteiger partial charge in [-0.1, -0.05) is 23.2 Å². The predicted octanol–water partition coefficient (Wildman–Crippen LogP) is 6.20. The Morgan fingerprint density at radius 3 is 1.38 bits per heavy atom. The van der Waals surface area contributed by atoms with E-state index in [4.69, 9.17) is 32.7 Å². The molecule has 2 aromatic carbocycles. The van der Waals surface area contributed by atoms with Gasteiger partial charge in [0, 0.05) is 63.6 Å². The summed E-state index contributed by atoms with van der Waals surface area (Å²) >= 11 is 14.1. The monoisotopic (exact) mass is 902 g/mol. The molecule has 12 nitrogen and oxygen atoms in total. The predicted molar refractivity (Wildman–Crippen MR) is 230 cm³/mol. The Kier molecular flexibility index (Phi) is 13.9. The van der Waals surface area contributed by atoms with Crippen LogP contribution in [0.25, 0.3) is 0 Å². The zero-order valence-corrected chi connectivity index (χ0v) is 36.3. The second-order valence-electron chi connectivity index (χ2n) is 15.6. The van der Waals surface area contributed by atoms with Crippen molar-refractivity contribution in [3.8, 4) is 0 Å². The van der Waals surface area contributed by atoms with Crippen LogP contribution in [0, 0.1) is 11.6 Å². The number of nitrogens with one attached hydrogen (secondary N) is 4. The quantitative estimate of drug-likeness (QED) is 0.164. The summed E-state index contributed by atoms with van der Waals surface area (Å²) in [6, 6.07) is 12.9. The number of benzene rings is 2. The van der Waals surface area contributed by atoms with E-state index in [1.54, 1.807) is 24.3 Å². The molecule has 0 unspecified atom stereocenters. The highest BCUT2D eigenvalue weighted by atomic mass is 35.5. The lowest BCUT2D eigenvalue weighted by molar-refractivity contribution is -0.122. The third-order valence-corrected chi connectivity index (χ3v) is 13.8. The van der Waals surface area contributed by atoms with Crippen LogP contribution in [0.5, 0.6) is 0 Å². The molecule has 2 atom stereocenters. The van der Waals surface area contributed by atoms with E-state index in [9.17, 15) is 28.0 Å². The van der Waals surface area contributed by atoms with Gasteiger partial charge in [-0.15, -0.1) is 22.7 Å². The second-order valence-corrected chi connectivity index (χ2v) is 19.0. The van der Waals surface area contributed by atoms with E-state index in [0.29, 0.717) is 79.8 Å². The molecule has 2 fully saturated rings. The minimum atomic E-state index is -1.21. The molecule has 0 aliphatic carbocycles. The highest BCUT2D eigenvalue weighted by Crippen LogP contribution is 2.30. The van der Waals surface area contributed by atoms with Crippen molar-refractivity contribution in [2.75, 3.05) is 77.3 Å². The highest BCUT2D eigenvalue weighted by Gasteiger charge is 2.45. The maximum Gasteiger partial charge on any atom is 0.262 e. The number of anilines is 2. The van der Waals surface area contributed by atoms with Crippen molar-refractivity contribution in [2.24, 2.45) is 0 Å². The summed E-state index contributed by atoms with van der Waals surface area (Å²) in [7, 11) is 4.03. The van der Waals surface area contributed by atoms with Gasteiger partial charge in [-0.25, -0.2) is 8.78 Å². The van der Waals surface area contributed by atoms with Gasteiger partial charge < -0.3 is 40.5 Å². The van der Waals surface area contributed by atoms with E-state index in [1.807, 2.05) is 26.2 Å². The van der Waals surface area contributed by atoms with Gasteiger partial charge in [0.05, 0.1) is 31.6 Å². The number of rotatable bonds is 8. The van der Waals surface area contributed by atoms with Crippen LogP contribution in [-0.2, 0) is 44.7 Å². The van der Waals surface area contributed by atoms with Crippen molar-refractivity contribution in [2.45, 2.75) is 49.6 Å². The maximum absolute atomic E-state index is 14.7. The van der Waals surface area contributed by atoms with Crippen molar-refractivity contribution in [1.82, 2.24) is 20.4 Å². The van der Waals surface area contributed by atoms with Crippen LogP contribution >= 0.6 is 45.9 Å². The fourth-order valence-corrected chi connectivity index (χ4v) is 9.60. The average molecular weight is 904 g/mol. The normalized spacial score (nSPS) is 21.7. The van der Waals surface area contributed by atoms with Gasteiger partial charge in [-0.2, -0.15) is 0 Å². The summed E-state index contributed by atoms with van der Waals surface area (Å²) in [4.78, 5) is 56.7. The molecule has 0 radical (unpaired) electrons. The minimum Gasteiger partial charge on any atom is -0.378 e. The molecule has 0 spiro atoms. The van der Waals surface area contributed by atoms with Crippen molar-refractivity contribution in [1.29, 1.82) is 0 Å². The largest absolute Gasteiger partial charge is 0.378 e. The Balaban J connectivity index is 0.000000181. The summed E-state index contributed by atoms with van der Waals surface area (Å²) in [5.41, 5.74) is 1.58. The van der Waals surface area contributed by atoms with Crippen LogP contribution in [-0.4, -0.2) is 111 Å². The first-order valence-corrected chi connectivity index (χ1v) is 22.1. The Labute approximate surface area is 364 Å². The molecule has 4 aliphatic rings. The molecule has 320 valence electrons. The fourth-order valence-electron chi connectivity index (χ4n) is 7.72. The van der Waals surface area contributed by atoms with E-state index < -0.39 is 22.9 Å². The summed E-state index contributed by atoms with van der Waals surface area (Å²) in [6.07, 6.45) is 3.39. The SMILES string of the molecule is CN1CCc2cc(NC(=O)[C@@]3(NC(=O)c4ccc(Cl)s4)CCOC3)cc(F)c2CC1.CN1CCc2cc(NC(=O)[C@]3(NC(=O)c4ccc(Cl)s4)CCOC3)cc(F)c2CC1. The highest BCUT2D eigenvalue weighted by molar-refractivity contribution is 7.18. The van der Waals surface area contributed by atoms with E-state index in [-0.39, 0.29) is 36.7 Å². The molecule has 6 heterocycles. The van der Waals surface area contributed by atoms with Crippen molar-refractivity contribution in [3.05, 3.63) is 101 Å². The number of hydrogen-bond donors (Lipinski definition) is 4. The summed E-state index contributed by atoms with van der Waals surface area (Å²) in [5.74, 6) is -2.23. The average Bonchev–Trinajstić information content (AvgIpc) is 4.02. The minimum absolute atomic E-state index is 0.0574. The van der Waals surface area contributed by atoms with Gasteiger partial charge in [0.25, 0.3) is 23.6 Å². The van der Waals surface area contributed by atoms with Crippen molar-refractivity contribution >= 4 is 80.9 Å². The number of halogens is 4. The molecule has 18 heteroatoms. The van der Waals surface area contributed by atoms with Gasteiger partial charge in [0.1, 0.15) is 22.7 Å². The molecule has 0 saturated carbocycles. The first-order valence-electron chi connectivity index (χ1n) is 19.7. The number of carbonyl (C=O) groups excluding carboxylic acids is 4. The van der Waals surface area contributed by atoms with Gasteiger partial charge in [-0.05, 0) is 111 Å². The number of carbonyl (C=O) groups is 4. The zero-order valence-electron chi connectivity index (χ0n) is 33.2. The molecule has 0 bridgehead atoms. The molecule has 2 aromatic heterocycles. The Bertz CT molecular complexity index is 2100. The molecule has 8 rings (SSSR count). The van der Waals surface area contributed by atoms with Crippen LogP contribution < -0.4 is 21.3 Å². The standard InChI is InChI=1S/2C21H23ClFN3O3S/c2*1-26-7-4-13-10-14(11-16(23)15(13)5-8-26)24-20(28)21(6-9-29-12-21)25-19(27)17-2-3-18(22)30-17/h2*2-3,10-11H,4-9,12H2,1H3,(H,24,28)(H,25,27)/t2*21-/m10/s1. The molecule has 4 aromatic rings. The first kappa shape index (κ1) is 44.1. The Morgan fingerprint density at radius 2 is 1.03 bits per heavy atom. The lowest BCUT2D eigenvalue weighted by Crippen LogP contribution is -2.57. The van der Waals surface area contributed by atoms with Gasteiger partial charge >= 0.3 is 0 Å². The smallest absolute Gasteiger partial charge is 0.262 e. The van der Waals surface area contributed by atoms with Crippen LogP contribution in [0.2, 0.25) is 8.67 Å². The van der Waals surface area contributed by atoms with Crippen LogP contribution in [0.4, 0.5) is 20.2 Å². The van der Waals surface area contributed by atoms with Crippen LogP contribution in [0.15, 0.2) is 48.5 Å². The molecule has 60 heavy (non-hydrogen) atoms. The van der Waals surface area contributed by atoms with Crippen LogP contribution in [0.1, 0.15) is 54.4 Å². The van der Waals surface area contributed by atoms with Gasteiger partial charge in [0.2, 0.25) is 0 Å². The first-order chi connectivity index (χ1) is 28.7. The molecular weight excluding hydrogens is 858 g/mol. The van der Waals surface area contributed by atoms with Crippen LogP contribution in [0.3, 0.4) is 0 Å². The molecule has 4 amide bonds. The summed E-state index contributed by atoms with van der Waals surface area (Å²) in [6.45, 7) is 4.09. The summed E-state index contributed by atoms with van der Waals surface area (Å²) < 4.78 is 41.3. The fraction of sp³-hybridized carbons (Fsp3) is 0.429. The zero-order chi connectivity index (χ0) is 42.6. The molecule has 4 N–H and O–H groups in total. The van der Waals surface area contributed by atoms with E-state index in [2.05, 4.69) is 31.1 Å². The number of fused-ring (bicyclic) bond motifs is 2. The molecule has 2 saturated heterocycles. The van der Waals surface area contributed by atoms with Crippen molar-refractivity contribution < 1.29 is 37.4 Å². The number of hydrogen-bond acceptors (Lipinski definition) is 10. The third kappa shape index (κ3) is 10.2. The number of thiophene rings is 2. The lowest BCUT2D eigenvalue weighted by atomic mass is 9.96. The Hall–Kier alpha value is -4.00. The van der Waals surface area contributed by atoms with E-state index >= 15 is 0 Å². The maximum atomic E-state index is 14.7. The van der Waals surface area contributed by atoms with E-state index in [0.717, 1.165) is 72.8 Å². The Morgan fingerprint density at radius 1 is 0.633 bits per heavy atom. The number of amides is 4. The number of nitrogens with zero attached hydrogens (tertiary/aromatic N) is 2. The van der Waals surface area contributed by atoms with Gasteiger partial charge in [0.15, 0.2) is 0 Å². The summed E-state index contributed by atoms with van der Waals surface area (Å²) in [5, 5.41) is 11.2. The van der Waals surface area contributed by atoms with E-state index in [1.165, 1.54) is 12.1 Å². The molecular formula is C42H46Cl2F2N6O6S2. The number of ether oxygens (including phenoxy) is 2. The third-order valence-electron chi connectivity index (χ3n) is 11.3. The molecule has 4 aliphatic heterocycles. The van der Waals surface area contributed by atoms with Gasteiger partial charge in [-0.3, -0.25) is 19.2 Å². The van der Waals surface area contributed by atoms with Crippen molar-refractivity contribution in [3.63, 3.8) is 0 Å².